The molecule has 0 aliphatic rings. The lowest BCUT2D eigenvalue weighted by Crippen LogP contribution is -2.51. The molecule has 2 atom stereocenters. The third kappa shape index (κ3) is 15.3. The number of nitrogens with one attached hydrogen (secondary N) is 3. The van der Waals surface area contributed by atoms with Crippen molar-refractivity contribution in [1.82, 2.24) is 15.4 Å². The van der Waals surface area contributed by atoms with E-state index >= 15 is 0 Å². The van der Waals surface area contributed by atoms with Gasteiger partial charge in [-0.3, -0.25) is 9.79 Å². The topological polar surface area (TPSA) is 144 Å². The zero-order valence-corrected chi connectivity index (χ0v) is 26.4. The summed E-state index contributed by atoms with van der Waals surface area (Å²) in [5.41, 5.74) is -0.634. The number of hydrogen-bond acceptors (Lipinski definition) is 9. The lowest BCUT2D eigenvalue weighted by atomic mass is 9.96. The maximum atomic E-state index is 13.2. The molecule has 0 radical (unpaired) electrons. The van der Waals surface area contributed by atoms with Crippen molar-refractivity contribution in [2.45, 2.75) is 54.8 Å². The molecule has 234 valence electrons. The van der Waals surface area contributed by atoms with Crippen molar-refractivity contribution in [3.05, 3.63) is 29.8 Å². The lowest BCUT2D eigenvalue weighted by Gasteiger charge is -2.30. The summed E-state index contributed by atoms with van der Waals surface area (Å²) in [5, 5.41) is 4.17. The molecule has 0 fully saturated rings. The highest BCUT2D eigenvalue weighted by molar-refractivity contribution is 8.14. The molecule has 1 aromatic rings. The molecule has 1 aromatic carbocycles. The van der Waals surface area contributed by atoms with E-state index in [0.29, 0.717) is 11.3 Å². The van der Waals surface area contributed by atoms with Gasteiger partial charge in [-0.15, -0.1) is 0 Å². The van der Waals surface area contributed by atoms with Gasteiger partial charge in [0, 0.05) is 6.54 Å². The normalized spacial score (nSPS) is 14.6. The van der Waals surface area contributed by atoms with Gasteiger partial charge in [-0.25, -0.2) is 13.7 Å². The Hall–Kier alpha value is -1.85. The number of alkyl carbamates (subject to hydrolysis) is 1. The number of nitrogens with zero attached hydrogens (tertiary/aromatic N) is 1. The van der Waals surface area contributed by atoms with Gasteiger partial charge in [0.05, 0.1) is 19.2 Å². The predicted molar refractivity (Wildman–Crippen MR) is 152 cm³/mol. The number of hydrogen-bond donors (Lipinski definition) is 3. The van der Waals surface area contributed by atoms with Gasteiger partial charge < -0.3 is 20.1 Å². The molecule has 1 rings (SSSR count). The second kappa shape index (κ2) is 15.6. The number of methoxy groups -OCH3 is 1. The van der Waals surface area contributed by atoms with E-state index in [1.165, 1.54) is 37.6 Å². The van der Waals surface area contributed by atoms with Crippen LogP contribution in [0.4, 0.5) is 18.0 Å². The Bertz CT molecular complexity index is 1160. The molecule has 0 spiro atoms. The summed E-state index contributed by atoms with van der Waals surface area (Å²) in [5.74, 6) is -1.83. The molecule has 41 heavy (non-hydrogen) atoms. The van der Waals surface area contributed by atoms with Crippen molar-refractivity contribution >= 4 is 74.0 Å². The molecule has 2 amide bonds. The second-order valence-electron chi connectivity index (χ2n) is 9.09. The van der Waals surface area contributed by atoms with Gasteiger partial charge in [0.15, 0.2) is 5.17 Å². The van der Waals surface area contributed by atoms with E-state index in [2.05, 4.69) is 14.5 Å². The van der Waals surface area contributed by atoms with Crippen molar-refractivity contribution in [2.75, 3.05) is 26.5 Å². The zero-order valence-electron chi connectivity index (χ0n) is 22.5. The average Bonchev–Trinajstić information content (AvgIpc) is 2.83. The monoisotopic (exact) mass is 688 g/mol. The Morgan fingerprint density at radius 3 is 2.12 bits per heavy atom. The number of rotatable bonds is 11. The van der Waals surface area contributed by atoms with Gasteiger partial charge in [0.1, 0.15) is 18.0 Å². The summed E-state index contributed by atoms with van der Waals surface area (Å²) in [4.78, 5) is 28.6. The minimum Gasteiger partial charge on any atom is -0.497 e. The molecular formula is C22H30Cl3F3N4O7S2. The fraction of sp³-hybridized carbons (Fsp3) is 0.591. The maximum Gasteiger partial charge on any atom is 0.471 e. The van der Waals surface area contributed by atoms with E-state index in [0.717, 1.165) is 11.8 Å². The molecule has 3 N–H and O–H groups in total. The smallest absolute Gasteiger partial charge is 0.471 e. The summed E-state index contributed by atoms with van der Waals surface area (Å²) in [6.45, 7) is 3.66. The first kappa shape index (κ1) is 37.2. The van der Waals surface area contributed by atoms with Crippen LogP contribution in [0, 0.1) is 0 Å². The van der Waals surface area contributed by atoms with Crippen LogP contribution in [-0.4, -0.2) is 73.7 Å². The van der Waals surface area contributed by atoms with Crippen molar-refractivity contribution in [3.8, 4) is 5.75 Å². The summed E-state index contributed by atoms with van der Waals surface area (Å²) in [6, 6.07) is 3.37. The molecule has 0 bridgehead atoms. The first-order valence-electron chi connectivity index (χ1n) is 11.5. The number of carbonyl (C=O) groups is 2. The van der Waals surface area contributed by atoms with Crippen LogP contribution in [0.2, 0.25) is 0 Å². The number of ether oxygens (including phenoxy) is 2. The van der Waals surface area contributed by atoms with E-state index < -0.39 is 56.6 Å². The number of halogens is 6. The minimum absolute atomic E-state index is 0.212. The van der Waals surface area contributed by atoms with Gasteiger partial charge in [0.25, 0.3) is 0 Å². The number of benzene rings is 1. The first-order chi connectivity index (χ1) is 18.7. The average molecular weight is 690 g/mol. The summed E-state index contributed by atoms with van der Waals surface area (Å²) < 4.78 is 78.8. The molecule has 11 nitrogen and oxygen atoms in total. The largest absolute Gasteiger partial charge is 0.497 e. The van der Waals surface area contributed by atoms with Crippen molar-refractivity contribution in [1.29, 1.82) is 0 Å². The second-order valence-corrected chi connectivity index (χ2v) is 13.7. The quantitative estimate of drug-likeness (QED) is 0.173. The number of aliphatic imine (C=N–C) groups is 1. The number of carbonyl (C=O) groups excluding carboxylic acids is 2. The van der Waals surface area contributed by atoms with Crippen molar-refractivity contribution in [2.24, 2.45) is 4.99 Å². The zero-order chi connectivity index (χ0) is 31.6. The standard InChI is InChI=1S/C22H30Cl3F3N4O7S2/c1-20(2,3)39-19(34)31-16(13-6-8-14(37-4)9-7-13)15(30-17(33)22(26,27)28)10-11-29-18(40-5)32-41(35,36)38-12-21(23,24)25/h6-9,15-16H,10-12H2,1-5H3,(H,29,32)(H,30,33)(H,31,34)/t15-,16+/m0/s1. The van der Waals surface area contributed by atoms with Gasteiger partial charge in [-0.05, 0) is 51.1 Å². The fourth-order valence-electron chi connectivity index (χ4n) is 2.96. The molecule has 19 heteroatoms. The van der Waals surface area contributed by atoms with E-state index in [1.54, 1.807) is 20.8 Å². The molecule has 0 aromatic heterocycles. The number of amides is 2. The Labute approximate surface area is 255 Å². The van der Waals surface area contributed by atoms with E-state index in [1.807, 2.05) is 10.0 Å². The van der Waals surface area contributed by atoms with Crippen LogP contribution in [0.3, 0.4) is 0 Å². The van der Waals surface area contributed by atoms with E-state index in [4.69, 9.17) is 44.3 Å². The van der Waals surface area contributed by atoms with Gasteiger partial charge in [-0.1, -0.05) is 58.7 Å². The van der Waals surface area contributed by atoms with Crippen LogP contribution in [0.1, 0.15) is 38.8 Å². The Morgan fingerprint density at radius 1 is 1.07 bits per heavy atom. The SMILES string of the molecule is COc1ccc([C@@H](NC(=O)OC(C)(C)C)[C@H](CCN=C(NS(=O)(=O)OCC(Cl)(Cl)Cl)SC)NC(=O)C(F)(F)F)cc1. The summed E-state index contributed by atoms with van der Waals surface area (Å²) >= 11 is 17.3. The number of alkyl halides is 6. The predicted octanol–water partition coefficient (Wildman–Crippen LogP) is 4.64. The third-order valence-corrected chi connectivity index (χ3v) is 6.55. The minimum atomic E-state index is -5.24. The van der Waals surface area contributed by atoms with Crippen LogP contribution in [0.15, 0.2) is 29.3 Å². The molecular weight excluding hydrogens is 660 g/mol. The van der Waals surface area contributed by atoms with Crippen LogP contribution >= 0.6 is 46.6 Å². The molecule has 0 aliphatic heterocycles. The van der Waals surface area contributed by atoms with Crippen molar-refractivity contribution < 1.29 is 44.8 Å². The maximum absolute atomic E-state index is 13.2. The molecule has 0 aliphatic carbocycles. The number of amidine groups is 1. The fourth-order valence-corrected chi connectivity index (χ4v) is 4.85. The molecule has 0 saturated heterocycles. The van der Waals surface area contributed by atoms with Gasteiger partial charge in [-0.2, -0.15) is 21.6 Å². The van der Waals surface area contributed by atoms with Crippen LogP contribution < -0.4 is 20.1 Å². The highest BCUT2D eigenvalue weighted by Crippen LogP contribution is 2.27. The van der Waals surface area contributed by atoms with Crippen LogP contribution in [0.5, 0.6) is 5.75 Å². The highest BCUT2D eigenvalue weighted by Gasteiger charge is 2.41. The summed E-state index contributed by atoms with van der Waals surface area (Å²) in [7, 11) is -3.06. The van der Waals surface area contributed by atoms with Gasteiger partial charge >= 0.3 is 28.5 Å². The van der Waals surface area contributed by atoms with Crippen LogP contribution in [-0.2, 0) is 24.0 Å². The Morgan fingerprint density at radius 2 is 1.66 bits per heavy atom. The highest BCUT2D eigenvalue weighted by atomic mass is 35.6. The van der Waals surface area contributed by atoms with E-state index in [-0.39, 0.29) is 18.1 Å². The van der Waals surface area contributed by atoms with Crippen LogP contribution in [0.25, 0.3) is 0 Å². The van der Waals surface area contributed by atoms with Crippen molar-refractivity contribution in [3.63, 3.8) is 0 Å². The van der Waals surface area contributed by atoms with E-state index in [9.17, 15) is 31.2 Å². The third-order valence-electron chi connectivity index (χ3n) is 4.60. The first-order valence-corrected chi connectivity index (χ1v) is 15.3. The molecule has 0 saturated carbocycles. The Kier molecular flexibility index (Phi) is 14.1. The molecule has 0 unspecified atom stereocenters. The summed E-state index contributed by atoms with van der Waals surface area (Å²) in [6.07, 6.45) is -5.03. The Balaban J connectivity index is 3.33. The van der Waals surface area contributed by atoms with Gasteiger partial charge in [0.2, 0.25) is 3.79 Å². The molecule has 0 heterocycles. The number of thioether (sulfide) groups is 1. The lowest BCUT2D eigenvalue weighted by molar-refractivity contribution is -0.174.